The molecule has 1 saturated carbocycles. The molecular weight excluding hydrogens is 449 g/mol. The molecule has 5 rings (SSSR count). The molecule has 2 fully saturated rings. The lowest BCUT2D eigenvalue weighted by Crippen LogP contribution is -2.28. The zero-order valence-electron chi connectivity index (χ0n) is 17.3. The highest BCUT2D eigenvalue weighted by Crippen LogP contribution is 2.52. The number of carbonyl (C=O) groups excluding carboxylic acids is 3. The van der Waals surface area contributed by atoms with Crippen LogP contribution in [0.15, 0.2) is 59.7 Å². The van der Waals surface area contributed by atoms with Crippen LogP contribution >= 0.6 is 11.6 Å². The lowest BCUT2D eigenvalue weighted by atomic mass is 9.85. The fourth-order valence-corrected chi connectivity index (χ4v) is 4.93. The molecule has 0 radical (unpaired) electrons. The van der Waals surface area contributed by atoms with Crippen molar-refractivity contribution in [1.82, 2.24) is 5.01 Å². The van der Waals surface area contributed by atoms with E-state index in [-0.39, 0.29) is 42.1 Å². The molecule has 168 valence electrons. The first kappa shape index (κ1) is 21.3. The smallest absolute Gasteiger partial charge is 0.262 e. The van der Waals surface area contributed by atoms with Crippen LogP contribution in [0.4, 0.5) is 10.1 Å². The summed E-state index contributed by atoms with van der Waals surface area (Å²) in [5.41, 5.74) is 0.846. The molecule has 9 heteroatoms. The van der Waals surface area contributed by atoms with E-state index >= 15 is 0 Å². The normalized spacial score (nSPS) is 25.2. The van der Waals surface area contributed by atoms with E-state index in [0.29, 0.717) is 22.0 Å². The molecule has 1 saturated heterocycles. The van der Waals surface area contributed by atoms with Gasteiger partial charge in [0.15, 0.2) is 6.61 Å². The van der Waals surface area contributed by atoms with Crippen LogP contribution in [-0.4, -0.2) is 35.6 Å². The van der Waals surface area contributed by atoms with Gasteiger partial charge in [-0.1, -0.05) is 23.8 Å². The van der Waals surface area contributed by atoms with Gasteiger partial charge in [-0.05, 0) is 60.7 Å². The van der Waals surface area contributed by atoms with Gasteiger partial charge in [-0.3, -0.25) is 14.4 Å². The maximum Gasteiger partial charge on any atom is 0.262 e. The number of nitrogens with zero attached hydrogens (tertiary/aromatic N) is 2. The highest BCUT2D eigenvalue weighted by atomic mass is 35.5. The number of allylic oxidation sites excluding steroid dienone is 2. The molecular formula is C24H19ClFN3O4. The summed E-state index contributed by atoms with van der Waals surface area (Å²) in [5, 5.41) is 8.09. The Labute approximate surface area is 193 Å². The summed E-state index contributed by atoms with van der Waals surface area (Å²) in [6.07, 6.45) is 6.22. The van der Waals surface area contributed by atoms with Crippen LogP contribution in [-0.2, 0) is 14.4 Å². The van der Waals surface area contributed by atoms with Crippen molar-refractivity contribution in [2.75, 3.05) is 11.9 Å². The Morgan fingerprint density at radius 1 is 1.12 bits per heavy atom. The second-order valence-electron chi connectivity index (χ2n) is 8.26. The third kappa shape index (κ3) is 4.02. The van der Waals surface area contributed by atoms with Crippen LogP contribution in [0, 0.1) is 29.5 Å². The second-order valence-corrected chi connectivity index (χ2v) is 8.70. The van der Waals surface area contributed by atoms with Crippen LogP contribution in [0.25, 0.3) is 0 Å². The van der Waals surface area contributed by atoms with Gasteiger partial charge >= 0.3 is 0 Å². The minimum atomic E-state index is -0.444. The number of ether oxygens (including phenoxy) is 1. The molecule has 1 N–H and O–H groups in total. The molecule has 4 atom stereocenters. The summed E-state index contributed by atoms with van der Waals surface area (Å²) < 4.78 is 18.6. The van der Waals surface area contributed by atoms with Crippen LogP contribution in [0.5, 0.6) is 5.75 Å². The average Bonchev–Trinajstić information content (AvgIpc) is 3.47. The summed E-state index contributed by atoms with van der Waals surface area (Å²) >= 11 is 6.09. The number of rotatable bonds is 6. The van der Waals surface area contributed by atoms with Crippen LogP contribution in [0.2, 0.25) is 5.02 Å². The summed E-state index contributed by atoms with van der Waals surface area (Å²) in [6, 6.07) is 10.1. The van der Waals surface area contributed by atoms with E-state index in [9.17, 15) is 18.8 Å². The fraction of sp³-hybridized carbons (Fsp3) is 0.250. The number of halogens is 2. The number of nitrogens with one attached hydrogen (secondary N) is 1. The van der Waals surface area contributed by atoms with E-state index in [0.717, 1.165) is 11.4 Å². The number of carbonyl (C=O) groups is 3. The quantitative estimate of drug-likeness (QED) is 0.399. The van der Waals surface area contributed by atoms with Gasteiger partial charge in [0.05, 0.1) is 18.1 Å². The van der Waals surface area contributed by atoms with Gasteiger partial charge < -0.3 is 10.1 Å². The summed E-state index contributed by atoms with van der Waals surface area (Å²) in [7, 11) is 0. The molecule has 2 bridgehead atoms. The monoisotopic (exact) mass is 467 g/mol. The van der Waals surface area contributed by atoms with E-state index in [1.54, 1.807) is 18.2 Å². The number of amides is 3. The van der Waals surface area contributed by atoms with Gasteiger partial charge in [0, 0.05) is 16.3 Å². The maximum absolute atomic E-state index is 13.0. The fourth-order valence-electron chi connectivity index (χ4n) is 4.75. The van der Waals surface area contributed by atoms with Gasteiger partial charge in [-0.2, -0.15) is 10.1 Å². The zero-order chi connectivity index (χ0) is 23.1. The largest absolute Gasteiger partial charge is 0.483 e. The SMILES string of the molecule is O=C(COc1ccc(Cl)cc1C=NN1C(=O)[C@@H]2[C@H](C1=O)[C@H]1C=C[C@H]2C1)Nc1ccc(F)cc1. The molecule has 1 aliphatic heterocycles. The molecule has 0 unspecified atom stereocenters. The number of hydrazone groups is 1. The van der Waals surface area contributed by atoms with Crippen molar-refractivity contribution < 1.29 is 23.5 Å². The van der Waals surface area contributed by atoms with Crippen LogP contribution < -0.4 is 10.1 Å². The van der Waals surface area contributed by atoms with Gasteiger partial charge in [0.2, 0.25) is 0 Å². The lowest BCUT2D eigenvalue weighted by molar-refractivity contribution is -0.140. The highest BCUT2D eigenvalue weighted by Gasteiger charge is 2.59. The predicted octanol–water partition coefficient (Wildman–Crippen LogP) is 3.64. The summed E-state index contributed by atoms with van der Waals surface area (Å²) in [5.74, 6) is -1.61. The molecule has 2 aliphatic carbocycles. The Hall–Kier alpha value is -3.52. The number of anilines is 1. The average molecular weight is 468 g/mol. The number of benzene rings is 2. The molecule has 2 aromatic rings. The molecule has 3 amide bonds. The van der Waals surface area contributed by atoms with Crippen molar-refractivity contribution in [2.24, 2.45) is 28.8 Å². The highest BCUT2D eigenvalue weighted by molar-refractivity contribution is 6.31. The molecule has 7 nitrogen and oxygen atoms in total. The first-order valence-electron chi connectivity index (χ1n) is 10.5. The van der Waals surface area contributed by atoms with E-state index < -0.39 is 11.7 Å². The third-order valence-corrected chi connectivity index (χ3v) is 6.45. The molecule has 3 aliphatic rings. The Balaban J connectivity index is 1.27. The lowest BCUT2D eigenvalue weighted by Gasteiger charge is -2.13. The first-order valence-corrected chi connectivity index (χ1v) is 10.9. The predicted molar refractivity (Wildman–Crippen MR) is 119 cm³/mol. The van der Waals surface area contributed by atoms with Gasteiger partial charge in [-0.25, -0.2) is 4.39 Å². The molecule has 2 aromatic carbocycles. The minimum Gasteiger partial charge on any atom is -0.483 e. The van der Waals surface area contributed by atoms with Crippen molar-refractivity contribution >= 4 is 41.2 Å². The number of hydrogen-bond acceptors (Lipinski definition) is 5. The Bertz CT molecular complexity index is 1170. The number of imide groups is 1. The topological polar surface area (TPSA) is 88.1 Å². The zero-order valence-corrected chi connectivity index (χ0v) is 18.0. The summed E-state index contributed by atoms with van der Waals surface area (Å²) in [4.78, 5) is 37.8. The van der Waals surface area contributed by atoms with Crippen molar-refractivity contribution in [3.8, 4) is 5.75 Å². The standard InChI is InChI=1S/C24H19ClFN3O4/c25-16-3-8-19(33-12-20(30)28-18-6-4-17(26)5-7-18)15(10-16)11-27-29-23(31)21-13-1-2-14(9-13)22(21)24(29)32/h1-8,10-11,13-14,21-22H,9,12H2,(H,28,30)/t13-,14-,21-,22+/m0/s1. The van der Waals surface area contributed by atoms with Gasteiger partial charge in [0.1, 0.15) is 11.6 Å². The number of hydrogen-bond donors (Lipinski definition) is 1. The number of fused-ring (bicyclic) bond motifs is 5. The Kier molecular flexibility index (Phi) is 5.46. The molecule has 33 heavy (non-hydrogen) atoms. The van der Waals surface area contributed by atoms with Gasteiger partial charge in [0.25, 0.3) is 17.7 Å². The molecule has 1 heterocycles. The Morgan fingerprint density at radius 2 is 1.79 bits per heavy atom. The van der Waals surface area contributed by atoms with E-state index in [1.165, 1.54) is 30.5 Å². The van der Waals surface area contributed by atoms with Crippen molar-refractivity contribution in [1.29, 1.82) is 0 Å². The van der Waals surface area contributed by atoms with E-state index in [1.807, 2.05) is 12.2 Å². The second kappa shape index (κ2) is 8.44. The third-order valence-electron chi connectivity index (χ3n) is 6.22. The molecule has 0 spiro atoms. The van der Waals surface area contributed by atoms with Crippen LogP contribution in [0.3, 0.4) is 0 Å². The summed E-state index contributed by atoms with van der Waals surface area (Å²) in [6.45, 7) is -0.319. The molecule has 0 aromatic heterocycles. The maximum atomic E-state index is 13.0. The van der Waals surface area contributed by atoms with E-state index in [4.69, 9.17) is 16.3 Å². The minimum absolute atomic E-state index is 0.0985. The van der Waals surface area contributed by atoms with Crippen molar-refractivity contribution in [3.05, 3.63) is 71.0 Å². The first-order chi connectivity index (χ1) is 15.9. The van der Waals surface area contributed by atoms with Crippen molar-refractivity contribution in [2.45, 2.75) is 6.42 Å². The van der Waals surface area contributed by atoms with Gasteiger partial charge in [-0.15, -0.1) is 0 Å². The van der Waals surface area contributed by atoms with Crippen molar-refractivity contribution in [3.63, 3.8) is 0 Å². The van der Waals surface area contributed by atoms with E-state index in [2.05, 4.69) is 10.4 Å². The van der Waals surface area contributed by atoms with Crippen LogP contribution in [0.1, 0.15) is 12.0 Å². The Morgan fingerprint density at radius 3 is 2.45 bits per heavy atom.